The van der Waals surface area contributed by atoms with Crippen molar-refractivity contribution in [1.29, 1.82) is 0 Å². The first-order chi connectivity index (χ1) is 12.6. The van der Waals surface area contributed by atoms with E-state index >= 15 is 0 Å². The number of aromatic nitrogens is 2. The molecule has 1 unspecified atom stereocenters. The first-order valence-corrected chi connectivity index (χ1v) is 11.2. The summed E-state index contributed by atoms with van der Waals surface area (Å²) in [6.45, 7) is 4.01. The maximum atomic E-state index is 11.9. The second-order valence-electron chi connectivity index (χ2n) is 7.53. The zero-order chi connectivity index (χ0) is 20.0. The van der Waals surface area contributed by atoms with E-state index in [-0.39, 0.29) is 29.6 Å². The molecule has 8 nitrogen and oxygen atoms in total. The van der Waals surface area contributed by atoms with Crippen LogP contribution in [0.15, 0.2) is 11.2 Å². The van der Waals surface area contributed by atoms with Crippen LogP contribution in [0.4, 0.5) is 5.82 Å². The Balaban J connectivity index is 2.20. The average Bonchev–Trinajstić information content (AvgIpc) is 2.59. The number of hydrogen-bond donors (Lipinski definition) is 2. The van der Waals surface area contributed by atoms with Gasteiger partial charge >= 0.3 is 5.97 Å². The maximum Gasteiger partial charge on any atom is 0.326 e. The summed E-state index contributed by atoms with van der Waals surface area (Å²) in [7, 11) is -3.64. The van der Waals surface area contributed by atoms with Crippen LogP contribution in [0.3, 0.4) is 0 Å². The SMILES string of the molecule is CC(C)CC(Nc1cc(COC2CCCCC2)nc(S(C)(=O)=O)n1)C(=O)O. The van der Waals surface area contributed by atoms with Gasteiger partial charge in [0.2, 0.25) is 15.0 Å². The minimum Gasteiger partial charge on any atom is -0.480 e. The van der Waals surface area contributed by atoms with Gasteiger partial charge in [-0.15, -0.1) is 0 Å². The number of carboxylic acid groups (broad SMARTS) is 1. The van der Waals surface area contributed by atoms with Gasteiger partial charge in [-0.1, -0.05) is 33.1 Å². The fourth-order valence-corrected chi connectivity index (χ4v) is 3.64. The second kappa shape index (κ2) is 9.45. The smallest absolute Gasteiger partial charge is 0.326 e. The molecule has 2 N–H and O–H groups in total. The number of carbonyl (C=O) groups is 1. The Hall–Kier alpha value is -1.74. The molecule has 0 aliphatic heterocycles. The summed E-state index contributed by atoms with van der Waals surface area (Å²) in [5, 5.41) is 11.9. The van der Waals surface area contributed by atoms with E-state index in [9.17, 15) is 18.3 Å². The molecule has 0 radical (unpaired) electrons. The van der Waals surface area contributed by atoms with Gasteiger partial charge in [0.05, 0.1) is 18.4 Å². The molecule has 1 aromatic heterocycles. The van der Waals surface area contributed by atoms with Gasteiger partial charge in [-0.25, -0.2) is 23.2 Å². The van der Waals surface area contributed by atoms with Crippen LogP contribution in [-0.2, 0) is 26.0 Å². The van der Waals surface area contributed by atoms with E-state index in [1.54, 1.807) is 6.07 Å². The van der Waals surface area contributed by atoms with E-state index < -0.39 is 21.8 Å². The standard InChI is InChI=1S/C18H29N3O5S/c1-12(2)9-15(17(22)23)20-16-10-13(19-18(21-16)27(3,24)25)11-26-14-7-5-4-6-8-14/h10,12,14-15H,4-9,11H2,1-3H3,(H,22,23)(H,19,20,21). The second-order valence-corrected chi connectivity index (χ2v) is 9.44. The van der Waals surface area contributed by atoms with Crippen LogP contribution in [-0.4, -0.2) is 47.9 Å². The molecule has 0 bridgehead atoms. The summed E-state index contributed by atoms with van der Waals surface area (Å²) < 4.78 is 29.7. The highest BCUT2D eigenvalue weighted by Gasteiger charge is 2.22. The lowest BCUT2D eigenvalue weighted by atomic mass is 9.98. The van der Waals surface area contributed by atoms with Crippen molar-refractivity contribution in [2.45, 2.75) is 76.3 Å². The van der Waals surface area contributed by atoms with Crippen molar-refractivity contribution < 1.29 is 23.1 Å². The molecule has 1 aliphatic carbocycles. The highest BCUT2D eigenvalue weighted by atomic mass is 32.2. The summed E-state index contributed by atoms with van der Waals surface area (Å²) in [5.41, 5.74) is 0.423. The number of aliphatic carboxylic acids is 1. The van der Waals surface area contributed by atoms with Gasteiger partial charge in [0.15, 0.2) is 0 Å². The summed E-state index contributed by atoms with van der Waals surface area (Å²) in [4.78, 5) is 19.6. The molecule has 1 aromatic rings. The third-order valence-electron chi connectivity index (χ3n) is 4.44. The van der Waals surface area contributed by atoms with Gasteiger partial charge in [0.1, 0.15) is 11.9 Å². The molecule has 1 heterocycles. The van der Waals surface area contributed by atoms with Gasteiger partial charge in [-0.3, -0.25) is 0 Å². The van der Waals surface area contributed by atoms with Crippen LogP contribution >= 0.6 is 0 Å². The number of carboxylic acids is 1. The predicted molar refractivity (Wildman–Crippen MR) is 101 cm³/mol. The highest BCUT2D eigenvalue weighted by Crippen LogP contribution is 2.22. The van der Waals surface area contributed by atoms with Crippen LogP contribution in [0.25, 0.3) is 0 Å². The van der Waals surface area contributed by atoms with Crippen molar-refractivity contribution in [3.05, 3.63) is 11.8 Å². The average molecular weight is 400 g/mol. The van der Waals surface area contributed by atoms with Crippen LogP contribution in [0.1, 0.15) is 58.1 Å². The molecular weight excluding hydrogens is 370 g/mol. The molecule has 1 saturated carbocycles. The molecule has 1 aliphatic rings. The normalized spacial score (nSPS) is 17.0. The van der Waals surface area contributed by atoms with Crippen LogP contribution in [0.5, 0.6) is 0 Å². The molecule has 1 fully saturated rings. The monoisotopic (exact) mass is 399 g/mol. The largest absolute Gasteiger partial charge is 0.480 e. The minimum absolute atomic E-state index is 0.152. The number of nitrogens with one attached hydrogen (secondary N) is 1. The van der Waals surface area contributed by atoms with Crippen LogP contribution < -0.4 is 5.32 Å². The number of sulfone groups is 1. The number of hydrogen-bond acceptors (Lipinski definition) is 7. The van der Waals surface area contributed by atoms with Crippen molar-refractivity contribution >= 4 is 21.6 Å². The molecule has 152 valence electrons. The number of rotatable bonds is 9. The highest BCUT2D eigenvalue weighted by molar-refractivity contribution is 7.90. The molecule has 0 saturated heterocycles. The van der Waals surface area contributed by atoms with Crippen molar-refractivity contribution in [3.8, 4) is 0 Å². The van der Waals surface area contributed by atoms with E-state index in [0.717, 1.165) is 31.9 Å². The fourth-order valence-electron chi connectivity index (χ4n) is 3.09. The van der Waals surface area contributed by atoms with Gasteiger partial charge in [-0.2, -0.15) is 0 Å². The Morgan fingerprint density at radius 1 is 1.30 bits per heavy atom. The molecule has 27 heavy (non-hydrogen) atoms. The molecule has 1 atom stereocenters. The Morgan fingerprint density at radius 3 is 2.52 bits per heavy atom. The van der Waals surface area contributed by atoms with Crippen LogP contribution in [0.2, 0.25) is 0 Å². The molecule has 0 aromatic carbocycles. The Morgan fingerprint density at radius 2 is 1.96 bits per heavy atom. The first-order valence-electron chi connectivity index (χ1n) is 9.34. The van der Waals surface area contributed by atoms with E-state index in [4.69, 9.17) is 4.74 Å². The Labute approximate surface area is 160 Å². The van der Waals surface area contributed by atoms with Crippen molar-refractivity contribution in [3.63, 3.8) is 0 Å². The molecule has 9 heteroatoms. The zero-order valence-corrected chi connectivity index (χ0v) is 17.0. The van der Waals surface area contributed by atoms with Crippen molar-refractivity contribution in [2.24, 2.45) is 5.92 Å². The van der Waals surface area contributed by atoms with Gasteiger partial charge in [-0.05, 0) is 25.2 Å². The van der Waals surface area contributed by atoms with E-state index in [2.05, 4.69) is 15.3 Å². The lowest BCUT2D eigenvalue weighted by molar-refractivity contribution is -0.138. The van der Waals surface area contributed by atoms with Gasteiger partial charge in [0.25, 0.3) is 0 Å². The minimum atomic E-state index is -3.64. The molecule has 0 amide bonds. The summed E-state index contributed by atoms with van der Waals surface area (Å²) in [6.07, 6.45) is 7.03. The Kier molecular flexibility index (Phi) is 7.55. The third kappa shape index (κ3) is 7.06. The van der Waals surface area contributed by atoms with Crippen LogP contribution in [0, 0.1) is 5.92 Å². The third-order valence-corrected chi connectivity index (χ3v) is 5.28. The predicted octanol–water partition coefficient (Wildman–Crippen LogP) is 2.64. The maximum absolute atomic E-state index is 11.9. The lowest BCUT2D eigenvalue weighted by Gasteiger charge is -2.22. The zero-order valence-electron chi connectivity index (χ0n) is 16.1. The number of anilines is 1. The first kappa shape index (κ1) is 21.6. The van der Waals surface area contributed by atoms with Gasteiger partial charge < -0.3 is 15.2 Å². The number of ether oxygens (including phenoxy) is 1. The van der Waals surface area contributed by atoms with Gasteiger partial charge in [0, 0.05) is 12.3 Å². The van der Waals surface area contributed by atoms with E-state index in [1.807, 2.05) is 13.8 Å². The number of nitrogens with zero attached hydrogens (tertiary/aromatic N) is 2. The van der Waals surface area contributed by atoms with Crippen molar-refractivity contribution in [1.82, 2.24) is 9.97 Å². The van der Waals surface area contributed by atoms with E-state index in [0.29, 0.717) is 12.1 Å². The lowest BCUT2D eigenvalue weighted by Crippen LogP contribution is -2.31. The summed E-state index contributed by atoms with van der Waals surface area (Å²) >= 11 is 0. The van der Waals surface area contributed by atoms with Crippen molar-refractivity contribution in [2.75, 3.05) is 11.6 Å². The molecule has 0 spiro atoms. The Bertz CT molecular complexity index is 745. The molecular formula is C18H29N3O5S. The quantitative estimate of drug-likeness (QED) is 0.608. The fraction of sp³-hybridized carbons (Fsp3) is 0.722. The topological polar surface area (TPSA) is 118 Å². The summed E-state index contributed by atoms with van der Waals surface area (Å²) in [5.74, 6) is -0.673. The van der Waals surface area contributed by atoms with E-state index in [1.165, 1.54) is 6.42 Å². The summed E-state index contributed by atoms with van der Waals surface area (Å²) in [6, 6.07) is 0.702. The molecule has 2 rings (SSSR count).